The number of aryl methyl sites for hydroxylation is 1. The van der Waals surface area contributed by atoms with Gasteiger partial charge < -0.3 is 4.90 Å². The zero-order valence-corrected chi connectivity index (χ0v) is 14.2. The second-order valence-corrected chi connectivity index (χ2v) is 7.10. The van der Waals surface area contributed by atoms with Crippen LogP contribution in [0, 0.1) is 12.3 Å². The first-order valence-corrected chi connectivity index (χ1v) is 8.52. The molecule has 0 aliphatic carbocycles. The minimum atomic E-state index is -0.548. The summed E-state index contributed by atoms with van der Waals surface area (Å²) in [4.78, 5) is 20.3. The third kappa shape index (κ3) is 1.92. The minimum absolute atomic E-state index is 0.184. The SMILES string of the molecule is Cc1ccc2c(c1)C(=O)[C@]1(C)CCN(c3ccn4nccc4c3)C1=N2. The topological polar surface area (TPSA) is 50.0 Å². The van der Waals surface area contributed by atoms with Crippen LogP contribution in [0.4, 0.5) is 11.4 Å². The first kappa shape index (κ1) is 14.4. The summed E-state index contributed by atoms with van der Waals surface area (Å²) < 4.78 is 1.84. The highest BCUT2D eigenvalue weighted by Gasteiger charge is 2.49. The van der Waals surface area contributed by atoms with Gasteiger partial charge in [-0.2, -0.15) is 5.10 Å². The summed E-state index contributed by atoms with van der Waals surface area (Å²) in [5.74, 6) is 1.04. The van der Waals surface area contributed by atoms with Crippen molar-refractivity contribution in [2.75, 3.05) is 11.4 Å². The molecule has 5 rings (SSSR count). The summed E-state index contributed by atoms with van der Waals surface area (Å²) in [6, 6.07) is 12.0. The molecule has 2 aliphatic rings. The molecule has 2 aromatic heterocycles. The van der Waals surface area contributed by atoms with E-state index in [-0.39, 0.29) is 5.78 Å². The standard InChI is InChI=1S/C20H18N4O/c1-13-3-4-17-16(11-13)18(25)20(2)7-10-23(19(20)22-17)14-6-9-24-15(12-14)5-8-21-24/h3-6,8-9,11-12H,7,10H2,1-2H3/t20-/m0/s1. The Labute approximate surface area is 145 Å². The lowest BCUT2D eigenvalue weighted by Gasteiger charge is -2.31. The van der Waals surface area contributed by atoms with Crippen molar-refractivity contribution < 1.29 is 4.79 Å². The zero-order chi connectivity index (χ0) is 17.2. The van der Waals surface area contributed by atoms with E-state index in [0.717, 1.165) is 46.8 Å². The van der Waals surface area contributed by atoms with Crippen molar-refractivity contribution in [2.45, 2.75) is 20.3 Å². The molecule has 2 aliphatic heterocycles. The van der Waals surface area contributed by atoms with Gasteiger partial charge in [-0.3, -0.25) is 4.79 Å². The number of rotatable bonds is 1. The van der Waals surface area contributed by atoms with Crippen molar-refractivity contribution in [1.82, 2.24) is 9.61 Å². The van der Waals surface area contributed by atoms with E-state index in [1.807, 2.05) is 54.9 Å². The molecule has 1 fully saturated rings. The number of aliphatic imine (C=N–C) groups is 1. The number of benzene rings is 1. The second-order valence-electron chi connectivity index (χ2n) is 7.10. The number of nitrogens with zero attached hydrogens (tertiary/aromatic N) is 4. The molecular weight excluding hydrogens is 312 g/mol. The number of ketones is 1. The Hall–Kier alpha value is -2.95. The van der Waals surface area contributed by atoms with Gasteiger partial charge in [0.1, 0.15) is 5.84 Å². The summed E-state index contributed by atoms with van der Waals surface area (Å²) in [5, 5.41) is 4.25. The largest absolute Gasteiger partial charge is 0.329 e. The Morgan fingerprint density at radius 1 is 1.16 bits per heavy atom. The summed E-state index contributed by atoms with van der Waals surface area (Å²) in [6.45, 7) is 4.83. The number of carbonyl (C=O) groups is 1. The number of anilines is 1. The molecule has 4 heterocycles. The fourth-order valence-corrected chi connectivity index (χ4v) is 3.92. The van der Waals surface area contributed by atoms with E-state index in [4.69, 9.17) is 4.99 Å². The van der Waals surface area contributed by atoms with Crippen LogP contribution in [0.5, 0.6) is 0 Å². The molecule has 1 atom stereocenters. The van der Waals surface area contributed by atoms with E-state index in [0.29, 0.717) is 0 Å². The molecule has 0 saturated carbocycles. The van der Waals surface area contributed by atoms with Crippen LogP contribution in [0.15, 0.2) is 53.8 Å². The lowest BCUT2D eigenvalue weighted by Crippen LogP contribution is -2.40. The number of hydrogen-bond donors (Lipinski definition) is 0. The summed E-state index contributed by atoms with van der Waals surface area (Å²) in [6.07, 6.45) is 4.51. The van der Waals surface area contributed by atoms with Crippen molar-refractivity contribution in [3.8, 4) is 0 Å². The highest BCUT2D eigenvalue weighted by molar-refractivity contribution is 6.25. The molecule has 0 bridgehead atoms. The van der Waals surface area contributed by atoms with E-state index in [1.54, 1.807) is 6.20 Å². The van der Waals surface area contributed by atoms with Crippen LogP contribution in [0.2, 0.25) is 0 Å². The lowest BCUT2D eigenvalue weighted by atomic mass is 9.78. The van der Waals surface area contributed by atoms with Crippen LogP contribution < -0.4 is 4.90 Å². The Bertz CT molecular complexity index is 1060. The smallest absolute Gasteiger partial charge is 0.178 e. The predicted octanol–water partition coefficient (Wildman–Crippen LogP) is 3.79. The quantitative estimate of drug-likeness (QED) is 0.682. The monoisotopic (exact) mass is 330 g/mol. The molecule has 1 saturated heterocycles. The van der Waals surface area contributed by atoms with Crippen molar-refractivity contribution >= 4 is 28.5 Å². The predicted molar refractivity (Wildman–Crippen MR) is 97.9 cm³/mol. The average molecular weight is 330 g/mol. The van der Waals surface area contributed by atoms with Crippen molar-refractivity contribution in [3.05, 3.63) is 59.9 Å². The summed E-state index contributed by atoms with van der Waals surface area (Å²) >= 11 is 0. The van der Waals surface area contributed by atoms with Crippen molar-refractivity contribution in [1.29, 1.82) is 0 Å². The third-order valence-electron chi connectivity index (χ3n) is 5.40. The van der Waals surface area contributed by atoms with Gasteiger partial charge in [0.2, 0.25) is 0 Å². The van der Waals surface area contributed by atoms with Crippen molar-refractivity contribution in [3.63, 3.8) is 0 Å². The second kappa shape index (κ2) is 4.79. The van der Waals surface area contributed by atoms with Gasteiger partial charge in [0.15, 0.2) is 5.78 Å². The first-order valence-electron chi connectivity index (χ1n) is 8.52. The summed E-state index contributed by atoms with van der Waals surface area (Å²) in [5.41, 5.74) is 4.16. The van der Waals surface area contributed by atoms with E-state index >= 15 is 0 Å². The van der Waals surface area contributed by atoms with Crippen LogP contribution in [0.3, 0.4) is 0 Å². The molecule has 0 N–H and O–H groups in total. The highest BCUT2D eigenvalue weighted by atomic mass is 16.1. The molecule has 0 amide bonds. The number of amidine groups is 1. The van der Waals surface area contributed by atoms with Crippen molar-refractivity contribution in [2.24, 2.45) is 10.4 Å². The van der Waals surface area contributed by atoms with Gasteiger partial charge in [0, 0.05) is 30.2 Å². The van der Waals surface area contributed by atoms with Crippen LogP contribution in [0.1, 0.15) is 29.3 Å². The van der Waals surface area contributed by atoms with Gasteiger partial charge in [0.05, 0.1) is 16.6 Å². The van der Waals surface area contributed by atoms with Gasteiger partial charge in [-0.15, -0.1) is 0 Å². The van der Waals surface area contributed by atoms with Crippen LogP contribution >= 0.6 is 0 Å². The molecule has 5 nitrogen and oxygen atoms in total. The molecule has 0 unspecified atom stereocenters. The molecule has 0 spiro atoms. The fraction of sp³-hybridized carbons (Fsp3) is 0.250. The zero-order valence-electron chi connectivity index (χ0n) is 14.2. The van der Waals surface area contributed by atoms with E-state index in [1.165, 1.54) is 0 Å². The molecule has 5 heteroatoms. The maximum Gasteiger partial charge on any atom is 0.178 e. The number of carbonyl (C=O) groups excluding carboxylic acids is 1. The fourth-order valence-electron chi connectivity index (χ4n) is 3.92. The lowest BCUT2D eigenvalue weighted by molar-refractivity contribution is 0.0887. The average Bonchev–Trinajstić information content (AvgIpc) is 3.20. The molecule has 1 aromatic carbocycles. The van der Waals surface area contributed by atoms with E-state index in [2.05, 4.69) is 16.1 Å². The molecule has 124 valence electrons. The van der Waals surface area contributed by atoms with Crippen LogP contribution in [0.25, 0.3) is 5.52 Å². The van der Waals surface area contributed by atoms with E-state index in [9.17, 15) is 4.79 Å². The Morgan fingerprint density at radius 3 is 2.92 bits per heavy atom. The van der Waals surface area contributed by atoms with Crippen LogP contribution in [-0.4, -0.2) is 27.8 Å². The molecule has 3 aromatic rings. The van der Waals surface area contributed by atoms with Crippen LogP contribution in [-0.2, 0) is 0 Å². The van der Waals surface area contributed by atoms with Gasteiger partial charge >= 0.3 is 0 Å². The van der Waals surface area contributed by atoms with Gasteiger partial charge in [-0.05, 0) is 50.6 Å². The number of aromatic nitrogens is 2. The highest BCUT2D eigenvalue weighted by Crippen LogP contribution is 2.44. The number of fused-ring (bicyclic) bond motifs is 3. The molecule has 25 heavy (non-hydrogen) atoms. The Morgan fingerprint density at radius 2 is 2.04 bits per heavy atom. The van der Waals surface area contributed by atoms with Gasteiger partial charge in [-0.25, -0.2) is 9.51 Å². The van der Waals surface area contributed by atoms with Gasteiger partial charge in [0.25, 0.3) is 0 Å². The maximum absolute atomic E-state index is 13.2. The molecule has 0 radical (unpaired) electrons. The number of pyridine rings is 1. The van der Waals surface area contributed by atoms with Gasteiger partial charge in [-0.1, -0.05) is 11.6 Å². The third-order valence-corrected chi connectivity index (χ3v) is 5.40. The number of Topliss-reactive ketones (excluding diaryl/α,β-unsaturated/α-hetero) is 1. The number of hydrogen-bond acceptors (Lipinski definition) is 4. The van der Waals surface area contributed by atoms with E-state index < -0.39 is 5.41 Å². The minimum Gasteiger partial charge on any atom is -0.329 e. The molecular formula is C20H18N4O. The normalized spacial score (nSPS) is 22.1. The maximum atomic E-state index is 13.2. The Kier molecular flexibility index (Phi) is 2.76. The first-order chi connectivity index (χ1) is 12.1. The summed E-state index contributed by atoms with van der Waals surface area (Å²) in [7, 11) is 0. The Balaban J connectivity index is 1.67.